The molecule has 1 saturated heterocycles. The Morgan fingerprint density at radius 3 is 3.06 bits per heavy atom. The average molecular weight is 332 g/mol. The van der Waals surface area contributed by atoms with Gasteiger partial charge in [-0.25, -0.2) is 0 Å². The van der Waals surface area contributed by atoms with Crippen LogP contribution in [0.3, 0.4) is 0 Å². The zero-order valence-electron chi connectivity index (χ0n) is 10.1. The summed E-state index contributed by atoms with van der Waals surface area (Å²) in [6.07, 6.45) is 5.01. The first-order chi connectivity index (χ1) is 8.68. The Morgan fingerprint density at radius 1 is 1.50 bits per heavy atom. The Morgan fingerprint density at radius 2 is 2.33 bits per heavy atom. The summed E-state index contributed by atoms with van der Waals surface area (Å²) >= 11 is 9.43. The predicted molar refractivity (Wildman–Crippen MR) is 76.3 cm³/mol. The smallest absolute Gasteiger partial charge is 0.164 e. The van der Waals surface area contributed by atoms with Crippen LogP contribution < -0.4 is 0 Å². The molecule has 2 rings (SSSR count). The van der Waals surface area contributed by atoms with Gasteiger partial charge in [-0.05, 0) is 53.7 Å². The second-order valence-electron chi connectivity index (χ2n) is 4.55. The molecule has 1 atom stereocenters. The van der Waals surface area contributed by atoms with Crippen LogP contribution in [0.2, 0.25) is 5.02 Å². The number of Topliss-reactive ketones (excluding diaryl/α,β-unsaturated/α-hetero) is 1. The van der Waals surface area contributed by atoms with Crippen LogP contribution in [-0.4, -0.2) is 18.5 Å². The van der Waals surface area contributed by atoms with E-state index in [0.717, 1.165) is 36.8 Å². The van der Waals surface area contributed by atoms with E-state index < -0.39 is 0 Å². The fourth-order valence-corrected chi connectivity index (χ4v) is 2.81. The standard InChI is InChI=1S/C14H16BrClO2/c15-12-7-2-6-11(14(12)16)13(17)8-1-4-10-5-3-9-18-10/h2,6-7,10H,1,3-5,8-9H2. The van der Waals surface area contributed by atoms with Crippen LogP contribution in [0.1, 0.15) is 42.5 Å². The molecule has 1 aromatic carbocycles. The van der Waals surface area contributed by atoms with Gasteiger partial charge in [0.05, 0.1) is 11.1 Å². The number of halogens is 2. The molecule has 0 bridgehead atoms. The summed E-state index contributed by atoms with van der Waals surface area (Å²) < 4.78 is 6.31. The second-order valence-corrected chi connectivity index (χ2v) is 5.78. The zero-order valence-corrected chi connectivity index (χ0v) is 12.5. The number of hydrogen-bond donors (Lipinski definition) is 0. The van der Waals surface area contributed by atoms with Crippen LogP contribution in [0.5, 0.6) is 0 Å². The highest BCUT2D eigenvalue weighted by molar-refractivity contribution is 9.10. The van der Waals surface area contributed by atoms with Gasteiger partial charge >= 0.3 is 0 Å². The molecule has 1 heterocycles. The highest BCUT2D eigenvalue weighted by atomic mass is 79.9. The third-order valence-electron chi connectivity index (χ3n) is 3.21. The summed E-state index contributed by atoms with van der Waals surface area (Å²) in [6, 6.07) is 5.45. The Hall–Kier alpha value is -0.380. The fourth-order valence-electron chi connectivity index (χ4n) is 2.22. The molecule has 0 aliphatic carbocycles. The predicted octanol–water partition coefficient (Wildman–Crippen LogP) is 4.63. The Bertz CT molecular complexity index is 428. The zero-order chi connectivity index (χ0) is 13.0. The average Bonchev–Trinajstić information content (AvgIpc) is 2.85. The third-order valence-corrected chi connectivity index (χ3v) is 4.50. The third kappa shape index (κ3) is 3.56. The molecule has 2 nitrogen and oxygen atoms in total. The molecule has 1 aromatic rings. The molecule has 1 aliphatic rings. The lowest BCUT2D eigenvalue weighted by molar-refractivity contribution is 0.0923. The van der Waals surface area contributed by atoms with Crippen molar-refractivity contribution in [3.05, 3.63) is 33.3 Å². The summed E-state index contributed by atoms with van der Waals surface area (Å²) in [5.41, 5.74) is 0.610. The lowest BCUT2D eigenvalue weighted by Crippen LogP contribution is -2.07. The van der Waals surface area contributed by atoms with E-state index in [4.69, 9.17) is 16.3 Å². The number of carbonyl (C=O) groups is 1. The van der Waals surface area contributed by atoms with Crippen molar-refractivity contribution in [3.8, 4) is 0 Å². The van der Waals surface area contributed by atoms with E-state index in [9.17, 15) is 4.79 Å². The molecule has 98 valence electrons. The van der Waals surface area contributed by atoms with Gasteiger partial charge in [-0.15, -0.1) is 0 Å². The van der Waals surface area contributed by atoms with Gasteiger partial charge < -0.3 is 4.74 Å². The maximum Gasteiger partial charge on any atom is 0.164 e. The molecule has 0 spiro atoms. The van der Waals surface area contributed by atoms with Crippen molar-refractivity contribution in [2.75, 3.05) is 6.61 Å². The first kappa shape index (κ1) is 14.0. The normalized spacial score (nSPS) is 19.1. The van der Waals surface area contributed by atoms with Crippen LogP contribution >= 0.6 is 27.5 Å². The van der Waals surface area contributed by atoms with Crippen LogP contribution in [0, 0.1) is 0 Å². The lowest BCUT2D eigenvalue weighted by Gasteiger charge is -2.09. The molecule has 1 fully saturated rings. The van der Waals surface area contributed by atoms with Crippen LogP contribution in [0.15, 0.2) is 22.7 Å². The van der Waals surface area contributed by atoms with Crippen molar-refractivity contribution in [3.63, 3.8) is 0 Å². The molecular weight excluding hydrogens is 316 g/mol. The van der Waals surface area contributed by atoms with Gasteiger partial charge in [0.2, 0.25) is 0 Å². The molecule has 0 saturated carbocycles. The van der Waals surface area contributed by atoms with E-state index in [1.165, 1.54) is 0 Å². The minimum absolute atomic E-state index is 0.110. The lowest BCUT2D eigenvalue weighted by atomic mass is 10.0. The molecule has 4 heteroatoms. The fraction of sp³-hybridized carbons (Fsp3) is 0.500. The first-order valence-corrected chi connectivity index (χ1v) is 7.44. The summed E-state index contributed by atoms with van der Waals surface area (Å²) in [4.78, 5) is 12.0. The molecule has 0 N–H and O–H groups in total. The van der Waals surface area contributed by atoms with Crippen molar-refractivity contribution in [2.24, 2.45) is 0 Å². The summed E-state index contributed by atoms with van der Waals surface area (Å²) in [5.74, 6) is 0.110. The summed E-state index contributed by atoms with van der Waals surface area (Å²) in [5, 5.41) is 0.514. The number of ether oxygens (including phenoxy) is 1. The number of carbonyl (C=O) groups excluding carboxylic acids is 1. The summed E-state index contributed by atoms with van der Waals surface area (Å²) in [7, 11) is 0. The largest absolute Gasteiger partial charge is 0.378 e. The molecular formula is C14H16BrClO2. The van der Waals surface area contributed by atoms with Crippen molar-refractivity contribution in [2.45, 2.75) is 38.2 Å². The SMILES string of the molecule is O=C(CCCC1CCCO1)c1cccc(Br)c1Cl. The van der Waals surface area contributed by atoms with Gasteiger partial charge in [-0.1, -0.05) is 17.7 Å². The minimum Gasteiger partial charge on any atom is -0.378 e. The quantitative estimate of drug-likeness (QED) is 0.735. The van der Waals surface area contributed by atoms with Crippen molar-refractivity contribution >= 4 is 33.3 Å². The van der Waals surface area contributed by atoms with Gasteiger partial charge in [-0.3, -0.25) is 4.79 Å². The van der Waals surface area contributed by atoms with E-state index >= 15 is 0 Å². The molecule has 0 amide bonds. The summed E-state index contributed by atoms with van der Waals surface area (Å²) in [6.45, 7) is 0.871. The Kier molecular flexibility index (Phi) is 5.22. The van der Waals surface area contributed by atoms with Crippen molar-refractivity contribution in [1.29, 1.82) is 0 Å². The number of hydrogen-bond acceptors (Lipinski definition) is 2. The number of rotatable bonds is 5. The Labute approximate surface area is 121 Å². The maximum absolute atomic E-state index is 12.0. The van der Waals surface area contributed by atoms with E-state index in [1.54, 1.807) is 6.07 Å². The van der Waals surface area contributed by atoms with Gasteiger partial charge in [-0.2, -0.15) is 0 Å². The van der Waals surface area contributed by atoms with Gasteiger partial charge in [0.1, 0.15) is 0 Å². The van der Waals surface area contributed by atoms with Crippen LogP contribution in [-0.2, 0) is 4.74 Å². The van der Waals surface area contributed by atoms with Crippen molar-refractivity contribution in [1.82, 2.24) is 0 Å². The van der Waals surface area contributed by atoms with Gasteiger partial charge in [0.25, 0.3) is 0 Å². The van der Waals surface area contributed by atoms with E-state index in [-0.39, 0.29) is 5.78 Å². The van der Waals surface area contributed by atoms with E-state index in [1.807, 2.05) is 12.1 Å². The van der Waals surface area contributed by atoms with E-state index in [2.05, 4.69) is 15.9 Å². The van der Waals surface area contributed by atoms with E-state index in [0.29, 0.717) is 23.1 Å². The number of ketones is 1. The highest BCUT2D eigenvalue weighted by Crippen LogP contribution is 2.27. The van der Waals surface area contributed by atoms with Crippen LogP contribution in [0.25, 0.3) is 0 Å². The van der Waals surface area contributed by atoms with Crippen molar-refractivity contribution < 1.29 is 9.53 Å². The molecule has 18 heavy (non-hydrogen) atoms. The maximum atomic E-state index is 12.0. The number of benzene rings is 1. The molecule has 1 unspecified atom stereocenters. The Balaban J connectivity index is 1.85. The molecule has 0 aromatic heterocycles. The minimum atomic E-state index is 0.110. The van der Waals surface area contributed by atoms with Gasteiger partial charge in [0, 0.05) is 23.1 Å². The molecule has 1 aliphatic heterocycles. The first-order valence-electron chi connectivity index (χ1n) is 6.27. The van der Waals surface area contributed by atoms with Gasteiger partial charge in [0.15, 0.2) is 5.78 Å². The monoisotopic (exact) mass is 330 g/mol. The second kappa shape index (κ2) is 6.69. The van der Waals surface area contributed by atoms with Crippen LogP contribution in [0.4, 0.5) is 0 Å². The topological polar surface area (TPSA) is 26.3 Å². The molecule has 0 radical (unpaired) electrons. The highest BCUT2D eigenvalue weighted by Gasteiger charge is 2.17.